The van der Waals surface area contributed by atoms with E-state index in [0.717, 1.165) is 15.6 Å². The Hall–Kier alpha value is -1.52. The van der Waals surface area contributed by atoms with Crippen molar-refractivity contribution in [1.82, 2.24) is 0 Å². The Balaban J connectivity index is 1.85. The molecule has 0 aromatic heterocycles. The second kappa shape index (κ2) is 5.85. The standard InChI is InChI=1S/C16H15BrO3/c17-13-9-12(10-15-16(13)20-7-6-19-15)14(18)8-11-4-2-1-3-5-11/h1-5,9-10,14,18H,6-8H2. The van der Waals surface area contributed by atoms with Crippen LogP contribution >= 0.6 is 15.9 Å². The van der Waals surface area contributed by atoms with Gasteiger partial charge in [-0.05, 0) is 39.2 Å². The van der Waals surface area contributed by atoms with Gasteiger partial charge in [-0.3, -0.25) is 0 Å². The summed E-state index contributed by atoms with van der Waals surface area (Å²) in [7, 11) is 0. The summed E-state index contributed by atoms with van der Waals surface area (Å²) in [6, 6.07) is 13.7. The fraction of sp³-hybridized carbons (Fsp3) is 0.250. The molecular formula is C16H15BrO3. The maximum Gasteiger partial charge on any atom is 0.175 e. The third kappa shape index (κ3) is 2.81. The first-order valence-corrected chi connectivity index (χ1v) is 7.34. The highest BCUT2D eigenvalue weighted by Crippen LogP contribution is 2.40. The largest absolute Gasteiger partial charge is 0.486 e. The molecule has 3 nitrogen and oxygen atoms in total. The number of fused-ring (bicyclic) bond motifs is 1. The number of halogens is 1. The molecule has 0 spiro atoms. The summed E-state index contributed by atoms with van der Waals surface area (Å²) in [6.45, 7) is 1.09. The van der Waals surface area contributed by atoms with Gasteiger partial charge in [0.05, 0.1) is 10.6 Å². The highest BCUT2D eigenvalue weighted by atomic mass is 79.9. The lowest BCUT2D eigenvalue weighted by Gasteiger charge is -2.21. The molecule has 0 amide bonds. The van der Waals surface area contributed by atoms with Crippen molar-refractivity contribution in [3.8, 4) is 11.5 Å². The maximum atomic E-state index is 10.4. The number of hydrogen-bond acceptors (Lipinski definition) is 3. The average molecular weight is 335 g/mol. The van der Waals surface area contributed by atoms with E-state index < -0.39 is 6.10 Å². The van der Waals surface area contributed by atoms with Gasteiger partial charge in [0.2, 0.25) is 0 Å². The first kappa shape index (κ1) is 13.5. The number of ether oxygens (including phenoxy) is 2. The van der Waals surface area contributed by atoms with E-state index in [1.807, 2.05) is 42.5 Å². The minimum absolute atomic E-state index is 0.539. The molecule has 4 heteroatoms. The highest BCUT2D eigenvalue weighted by Gasteiger charge is 2.19. The minimum Gasteiger partial charge on any atom is -0.486 e. The Bertz CT molecular complexity index is 598. The van der Waals surface area contributed by atoms with Crippen molar-refractivity contribution < 1.29 is 14.6 Å². The summed E-state index contributed by atoms with van der Waals surface area (Å²) in [6.07, 6.45) is 0.0111. The van der Waals surface area contributed by atoms with Gasteiger partial charge >= 0.3 is 0 Å². The summed E-state index contributed by atoms with van der Waals surface area (Å²) in [5, 5.41) is 10.4. The van der Waals surface area contributed by atoms with Crippen LogP contribution in [0.5, 0.6) is 11.5 Å². The second-order valence-corrected chi connectivity index (χ2v) is 5.59. The van der Waals surface area contributed by atoms with Crippen molar-refractivity contribution in [3.63, 3.8) is 0 Å². The van der Waals surface area contributed by atoms with Crippen molar-refractivity contribution in [2.45, 2.75) is 12.5 Å². The Morgan fingerprint density at radius 3 is 2.65 bits per heavy atom. The van der Waals surface area contributed by atoms with Crippen LogP contribution in [-0.2, 0) is 6.42 Å². The zero-order chi connectivity index (χ0) is 13.9. The van der Waals surface area contributed by atoms with Crippen LogP contribution < -0.4 is 9.47 Å². The summed E-state index contributed by atoms with van der Waals surface area (Å²) >= 11 is 3.47. The van der Waals surface area contributed by atoms with Gasteiger partial charge in [-0.25, -0.2) is 0 Å². The smallest absolute Gasteiger partial charge is 0.175 e. The van der Waals surface area contributed by atoms with Crippen LogP contribution in [0, 0.1) is 0 Å². The molecule has 1 aliphatic heterocycles. The third-order valence-corrected chi connectivity index (χ3v) is 3.86. The molecule has 0 radical (unpaired) electrons. The lowest BCUT2D eigenvalue weighted by Crippen LogP contribution is -2.16. The van der Waals surface area contributed by atoms with Gasteiger partial charge < -0.3 is 14.6 Å². The Labute approximate surface area is 126 Å². The van der Waals surface area contributed by atoms with Crippen LogP contribution in [0.25, 0.3) is 0 Å². The molecular weight excluding hydrogens is 320 g/mol. The first-order chi connectivity index (χ1) is 9.74. The molecule has 0 aliphatic carbocycles. The predicted octanol–water partition coefficient (Wildman–Crippen LogP) is 3.50. The third-order valence-electron chi connectivity index (χ3n) is 3.28. The molecule has 0 fully saturated rings. The average Bonchev–Trinajstić information content (AvgIpc) is 2.48. The molecule has 3 rings (SSSR count). The molecule has 2 aromatic rings. The van der Waals surface area contributed by atoms with E-state index in [1.54, 1.807) is 0 Å². The zero-order valence-electron chi connectivity index (χ0n) is 10.9. The number of aliphatic hydroxyl groups is 1. The molecule has 1 N–H and O–H groups in total. The summed E-state index contributed by atoms with van der Waals surface area (Å²) < 4.78 is 11.9. The van der Waals surface area contributed by atoms with E-state index in [-0.39, 0.29) is 0 Å². The van der Waals surface area contributed by atoms with Crippen molar-refractivity contribution in [1.29, 1.82) is 0 Å². The predicted molar refractivity (Wildman–Crippen MR) is 80.2 cm³/mol. The van der Waals surface area contributed by atoms with Gasteiger partial charge in [0.1, 0.15) is 13.2 Å². The summed E-state index contributed by atoms with van der Waals surface area (Å²) in [5.74, 6) is 1.40. The lowest BCUT2D eigenvalue weighted by atomic mass is 10.0. The van der Waals surface area contributed by atoms with Gasteiger partial charge in [-0.2, -0.15) is 0 Å². The maximum absolute atomic E-state index is 10.4. The topological polar surface area (TPSA) is 38.7 Å². The molecule has 0 bridgehead atoms. The molecule has 1 aliphatic rings. The highest BCUT2D eigenvalue weighted by molar-refractivity contribution is 9.10. The monoisotopic (exact) mass is 334 g/mol. The van der Waals surface area contributed by atoms with E-state index in [0.29, 0.717) is 31.1 Å². The van der Waals surface area contributed by atoms with Gasteiger partial charge in [0.15, 0.2) is 11.5 Å². The summed E-state index contributed by atoms with van der Waals surface area (Å²) in [4.78, 5) is 0. The fourth-order valence-corrected chi connectivity index (χ4v) is 2.85. The fourth-order valence-electron chi connectivity index (χ4n) is 2.28. The molecule has 104 valence electrons. The quantitative estimate of drug-likeness (QED) is 0.933. The number of rotatable bonds is 3. The van der Waals surface area contributed by atoms with Crippen LogP contribution in [0.3, 0.4) is 0 Å². The minimum atomic E-state index is -0.565. The molecule has 1 unspecified atom stereocenters. The van der Waals surface area contributed by atoms with Crippen LogP contribution in [0.15, 0.2) is 46.9 Å². The van der Waals surface area contributed by atoms with E-state index in [4.69, 9.17) is 9.47 Å². The normalized spacial score (nSPS) is 14.9. The van der Waals surface area contributed by atoms with Gasteiger partial charge in [0.25, 0.3) is 0 Å². The molecule has 1 heterocycles. The molecule has 0 saturated heterocycles. The lowest BCUT2D eigenvalue weighted by molar-refractivity contribution is 0.163. The molecule has 20 heavy (non-hydrogen) atoms. The van der Waals surface area contributed by atoms with Gasteiger partial charge in [-0.1, -0.05) is 30.3 Å². The van der Waals surface area contributed by atoms with E-state index in [1.165, 1.54) is 0 Å². The Morgan fingerprint density at radius 1 is 1.10 bits per heavy atom. The van der Waals surface area contributed by atoms with Crippen LogP contribution in [-0.4, -0.2) is 18.3 Å². The zero-order valence-corrected chi connectivity index (χ0v) is 12.5. The van der Waals surface area contributed by atoms with Crippen molar-refractivity contribution in [2.24, 2.45) is 0 Å². The molecule has 2 aromatic carbocycles. The molecule has 0 saturated carbocycles. The van der Waals surface area contributed by atoms with Crippen LogP contribution in [0.2, 0.25) is 0 Å². The Kier molecular flexibility index (Phi) is 3.94. The summed E-state index contributed by atoms with van der Waals surface area (Å²) in [5.41, 5.74) is 1.93. The van der Waals surface area contributed by atoms with Gasteiger partial charge in [0, 0.05) is 6.42 Å². The Morgan fingerprint density at radius 2 is 1.85 bits per heavy atom. The van der Waals surface area contributed by atoms with Crippen molar-refractivity contribution in [2.75, 3.05) is 13.2 Å². The van der Waals surface area contributed by atoms with E-state index in [2.05, 4.69) is 15.9 Å². The van der Waals surface area contributed by atoms with Crippen molar-refractivity contribution >= 4 is 15.9 Å². The van der Waals surface area contributed by atoms with Crippen molar-refractivity contribution in [3.05, 3.63) is 58.1 Å². The number of aliphatic hydroxyl groups excluding tert-OH is 1. The SMILES string of the molecule is OC(Cc1ccccc1)c1cc(Br)c2c(c1)OCCO2. The first-order valence-electron chi connectivity index (χ1n) is 6.55. The second-order valence-electron chi connectivity index (χ2n) is 4.73. The number of hydrogen-bond donors (Lipinski definition) is 1. The van der Waals surface area contributed by atoms with E-state index in [9.17, 15) is 5.11 Å². The number of benzene rings is 2. The van der Waals surface area contributed by atoms with Crippen LogP contribution in [0.1, 0.15) is 17.2 Å². The van der Waals surface area contributed by atoms with E-state index >= 15 is 0 Å². The van der Waals surface area contributed by atoms with Gasteiger partial charge in [-0.15, -0.1) is 0 Å². The van der Waals surface area contributed by atoms with Crippen LogP contribution in [0.4, 0.5) is 0 Å². The molecule has 1 atom stereocenters.